The van der Waals surface area contributed by atoms with E-state index in [9.17, 15) is 19.2 Å². The third kappa shape index (κ3) is 5.67. The van der Waals surface area contributed by atoms with Gasteiger partial charge >= 0.3 is 5.97 Å². The Hall–Kier alpha value is -3.79. The van der Waals surface area contributed by atoms with Crippen LogP contribution in [0.15, 0.2) is 47.4 Å². The fourth-order valence-electron chi connectivity index (χ4n) is 2.80. The number of ether oxygens (including phenoxy) is 2. The molecule has 3 amide bonds. The second-order valence-corrected chi connectivity index (χ2v) is 7.77. The molecule has 1 aliphatic heterocycles. The van der Waals surface area contributed by atoms with E-state index in [0.717, 1.165) is 10.5 Å². The Morgan fingerprint density at radius 1 is 1.12 bits per heavy atom. The largest absolute Gasteiger partial charge is 0.493 e. The number of benzene rings is 2. The van der Waals surface area contributed by atoms with Crippen LogP contribution in [0, 0.1) is 6.92 Å². The number of aliphatic carboxylic acids is 1. The van der Waals surface area contributed by atoms with Crippen LogP contribution in [0.3, 0.4) is 0 Å². The van der Waals surface area contributed by atoms with Gasteiger partial charge in [0.2, 0.25) is 5.91 Å². The topological polar surface area (TPSA) is 122 Å². The van der Waals surface area contributed by atoms with E-state index in [1.807, 2.05) is 19.1 Å². The number of hydrogen-bond donors (Lipinski definition) is 2. The van der Waals surface area contributed by atoms with Crippen molar-refractivity contribution in [2.75, 3.05) is 25.6 Å². The summed E-state index contributed by atoms with van der Waals surface area (Å²) in [5, 5.41) is 10.9. The maximum absolute atomic E-state index is 12.7. The summed E-state index contributed by atoms with van der Waals surface area (Å²) in [5.74, 6) is -1.73. The van der Waals surface area contributed by atoms with Crippen LogP contribution >= 0.6 is 11.8 Å². The number of nitrogens with zero attached hydrogens (tertiary/aromatic N) is 1. The molecule has 1 aliphatic rings. The maximum atomic E-state index is 12.7. The predicted octanol–water partition coefficient (Wildman–Crippen LogP) is 3.14. The first-order chi connectivity index (χ1) is 15.3. The minimum atomic E-state index is -1.15. The smallest absolute Gasteiger partial charge is 0.341 e. The molecule has 3 rings (SSSR count). The van der Waals surface area contributed by atoms with Crippen LogP contribution in [0.4, 0.5) is 10.5 Å². The average Bonchev–Trinajstić information content (AvgIpc) is 3.01. The molecule has 0 atom stereocenters. The molecule has 2 aromatic carbocycles. The molecule has 2 aromatic rings. The molecule has 9 nitrogen and oxygen atoms in total. The minimum absolute atomic E-state index is 0.132. The predicted molar refractivity (Wildman–Crippen MR) is 119 cm³/mol. The quantitative estimate of drug-likeness (QED) is 0.581. The molecule has 0 bridgehead atoms. The molecule has 1 saturated heterocycles. The van der Waals surface area contributed by atoms with Crippen molar-refractivity contribution in [1.29, 1.82) is 0 Å². The van der Waals surface area contributed by atoms with Crippen molar-refractivity contribution in [3.8, 4) is 11.5 Å². The average molecular weight is 456 g/mol. The van der Waals surface area contributed by atoms with Crippen molar-refractivity contribution in [3.63, 3.8) is 0 Å². The standard InChI is InChI=1S/C22H20N2O7S/c1-13-3-6-15(7-4-13)23-19(25)11-24-21(28)18(32-22(24)29)10-14-5-8-16(30-2)17(9-14)31-12-20(26)27/h3-10H,11-12H2,1-2H3,(H,23,25)(H,26,27)/b18-10+. The van der Waals surface area contributed by atoms with Crippen LogP contribution in [0.25, 0.3) is 6.08 Å². The van der Waals surface area contributed by atoms with Gasteiger partial charge in [-0.1, -0.05) is 23.8 Å². The van der Waals surface area contributed by atoms with Gasteiger partial charge in [-0.05, 0) is 54.6 Å². The highest BCUT2D eigenvalue weighted by atomic mass is 32.2. The molecule has 0 saturated carbocycles. The maximum Gasteiger partial charge on any atom is 0.341 e. The van der Waals surface area contributed by atoms with Crippen molar-refractivity contribution >= 4 is 46.5 Å². The SMILES string of the molecule is COc1ccc(/C=C2/SC(=O)N(CC(=O)Nc3ccc(C)cc3)C2=O)cc1OCC(=O)O. The Morgan fingerprint density at radius 2 is 1.84 bits per heavy atom. The summed E-state index contributed by atoms with van der Waals surface area (Å²) in [4.78, 5) is 49.0. The second-order valence-electron chi connectivity index (χ2n) is 6.77. The number of carboxylic acids is 1. The zero-order valence-electron chi connectivity index (χ0n) is 17.3. The fraction of sp³-hybridized carbons (Fsp3) is 0.182. The van der Waals surface area contributed by atoms with Crippen LogP contribution in [-0.2, 0) is 14.4 Å². The molecule has 0 aliphatic carbocycles. The van der Waals surface area contributed by atoms with Gasteiger partial charge < -0.3 is 19.9 Å². The normalized spacial score (nSPS) is 14.6. The highest BCUT2D eigenvalue weighted by Crippen LogP contribution is 2.34. The summed E-state index contributed by atoms with van der Waals surface area (Å²) in [6.45, 7) is 0.945. The Labute approximate surface area is 188 Å². The van der Waals surface area contributed by atoms with E-state index in [2.05, 4.69) is 5.32 Å². The molecule has 1 fully saturated rings. The molecular formula is C22H20N2O7S. The van der Waals surface area contributed by atoms with Gasteiger partial charge in [-0.3, -0.25) is 19.3 Å². The number of rotatable bonds is 8. The van der Waals surface area contributed by atoms with Crippen molar-refractivity contribution < 1.29 is 33.8 Å². The third-order valence-corrected chi connectivity index (χ3v) is 5.25. The highest BCUT2D eigenvalue weighted by molar-refractivity contribution is 8.18. The number of imide groups is 1. The molecule has 10 heteroatoms. The van der Waals surface area contributed by atoms with Crippen molar-refractivity contribution in [3.05, 3.63) is 58.5 Å². The van der Waals surface area contributed by atoms with E-state index in [4.69, 9.17) is 14.6 Å². The number of hydrogen-bond acceptors (Lipinski definition) is 7. The lowest BCUT2D eigenvalue weighted by molar-refractivity contribution is -0.139. The summed E-state index contributed by atoms with van der Waals surface area (Å²) >= 11 is 0.713. The lowest BCUT2D eigenvalue weighted by Gasteiger charge is -2.12. The number of carbonyl (C=O) groups is 4. The van der Waals surface area contributed by atoms with E-state index >= 15 is 0 Å². The Kier molecular flexibility index (Phi) is 7.16. The number of anilines is 1. The summed E-state index contributed by atoms with van der Waals surface area (Å²) in [6.07, 6.45) is 1.47. The molecular weight excluding hydrogens is 436 g/mol. The molecule has 2 N–H and O–H groups in total. The number of aryl methyl sites for hydroxylation is 1. The van der Waals surface area contributed by atoms with Gasteiger partial charge in [-0.15, -0.1) is 0 Å². The molecule has 1 heterocycles. The number of carbonyl (C=O) groups excluding carboxylic acids is 3. The molecule has 166 valence electrons. The molecule has 0 aromatic heterocycles. The molecule has 0 radical (unpaired) electrons. The first-order valence-electron chi connectivity index (χ1n) is 9.41. The second kappa shape index (κ2) is 10.0. The minimum Gasteiger partial charge on any atom is -0.493 e. The third-order valence-electron chi connectivity index (χ3n) is 4.35. The lowest BCUT2D eigenvalue weighted by atomic mass is 10.2. The monoisotopic (exact) mass is 456 g/mol. The van der Waals surface area contributed by atoms with Crippen LogP contribution in [0.5, 0.6) is 11.5 Å². The highest BCUT2D eigenvalue weighted by Gasteiger charge is 2.36. The van der Waals surface area contributed by atoms with Gasteiger partial charge in [0.1, 0.15) is 6.54 Å². The Balaban J connectivity index is 1.72. The van der Waals surface area contributed by atoms with Gasteiger partial charge in [0.05, 0.1) is 12.0 Å². The number of nitrogens with one attached hydrogen (secondary N) is 1. The number of thioether (sulfide) groups is 1. The van der Waals surface area contributed by atoms with Crippen molar-refractivity contribution in [2.24, 2.45) is 0 Å². The van der Waals surface area contributed by atoms with Gasteiger partial charge in [-0.25, -0.2) is 4.79 Å². The van der Waals surface area contributed by atoms with Crippen LogP contribution in [0.2, 0.25) is 0 Å². The van der Waals surface area contributed by atoms with E-state index < -0.39 is 36.2 Å². The zero-order valence-corrected chi connectivity index (χ0v) is 18.1. The van der Waals surface area contributed by atoms with E-state index in [1.165, 1.54) is 19.3 Å². The van der Waals surface area contributed by atoms with E-state index in [-0.39, 0.29) is 10.7 Å². The van der Waals surface area contributed by atoms with E-state index in [0.29, 0.717) is 28.8 Å². The van der Waals surface area contributed by atoms with Crippen molar-refractivity contribution in [1.82, 2.24) is 4.90 Å². The van der Waals surface area contributed by atoms with Gasteiger partial charge in [0, 0.05) is 5.69 Å². The van der Waals surface area contributed by atoms with E-state index in [1.54, 1.807) is 24.3 Å². The fourth-order valence-corrected chi connectivity index (χ4v) is 3.64. The summed E-state index contributed by atoms with van der Waals surface area (Å²) in [6, 6.07) is 11.8. The van der Waals surface area contributed by atoms with Crippen LogP contribution < -0.4 is 14.8 Å². The van der Waals surface area contributed by atoms with Crippen LogP contribution in [0.1, 0.15) is 11.1 Å². The number of methoxy groups -OCH3 is 1. The Bertz CT molecular complexity index is 1100. The van der Waals surface area contributed by atoms with Gasteiger partial charge in [0.25, 0.3) is 11.1 Å². The molecule has 0 spiro atoms. The van der Waals surface area contributed by atoms with Gasteiger partial charge in [-0.2, -0.15) is 0 Å². The number of amides is 3. The molecule has 32 heavy (non-hydrogen) atoms. The Morgan fingerprint density at radius 3 is 2.50 bits per heavy atom. The zero-order chi connectivity index (χ0) is 23.3. The number of carboxylic acid groups (broad SMARTS) is 1. The lowest BCUT2D eigenvalue weighted by Crippen LogP contribution is -2.36. The first-order valence-corrected chi connectivity index (χ1v) is 10.2. The summed E-state index contributed by atoms with van der Waals surface area (Å²) in [7, 11) is 1.41. The first kappa shape index (κ1) is 22.9. The summed E-state index contributed by atoms with van der Waals surface area (Å²) < 4.78 is 10.3. The summed E-state index contributed by atoms with van der Waals surface area (Å²) in [5.41, 5.74) is 2.10. The molecule has 0 unspecified atom stereocenters. The van der Waals surface area contributed by atoms with Gasteiger partial charge in [0.15, 0.2) is 18.1 Å². The van der Waals surface area contributed by atoms with Crippen LogP contribution in [-0.4, -0.2) is 53.3 Å². The van der Waals surface area contributed by atoms with Crippen molar-refractivity contribution in [2.45, 2.75) is 6.92 Å².